The molecule has 3 aromatic rings. The van der Waals surface area contributed by atoms with E-state index in [1.165, 1.54) is 17.6 Å². The first-order chi connectivity index (χ1) is 16.1. The van der Waals surface area contributed by atoms with Crippen molar-refractivity contribution < 1.29 is 18.7 Å². The minimum Gasteiger partial charge on any atom is -0.497 e. The molecule has 0 aliphatic heterocycles. The maximum atomic E-state index is 13.7. The summed E-state index contributed by atoms with van der Waals surface area (Å²) in [5, 5.41) is 3.22. The Morgan fingerprint density at radius 2 is 1.70 bits per heavy atom. The van der Waals surface area contributed by atoms with E-state index >= 15 is 0 Å². The van der Waals surface area contributed by atoms with Gasteiger partial charge in [0.05, 0.1) is 13.4 Å². The van der Waals surface area contributed by atoms with Gasteiger partial charge in [0.25, 0.3) is 5.91 Å². The van der Waals surface area contributed by atoms with Crippen molar-refractivity contribution in [2.75, 3.05) is 12.0 Å². The maximum absolute atomic E-state index is 13.7. The van der Waals surface area contributed by atoms with Gasteiger partial charge in [0.15, 0.2) is 5.76 Å². The Balaban J connectivity index is 1.77. The first-order valence-corrected chi connectivity index (χ1v) is 11.4. The highest BCUT2D eigenvalue weighted by Gasteiger charge is 2.35. The SMILES string of the molecule is COc1ccc(N(C(=O)c2ccco2)C(C(=O)NC2CCCCC2)c2ccc(C)cc2)cc1. The number of hydrogen-bond acceptors (Lipinski definition) is 4. The second-order valence-electron chi connectivity index (χ2n) is 8.51. The lowest BCUT2D eigenvalue weighted by Crippen LogP contribution is -2.47. The number of furan rings is 1. The average Bonchev–Trinajstić information content (AvgIpc) is 3.39. The molecule has 1 unspecified atom stereocenters. The quantitative estimate of drug-likeness (QED) is 0.525. The zero-order valence-electron chi connectivity index (χ0n) is 19.1. The van der Waals surface area contributed by atoms with Crippen LogP contribution in [-0.4, -0.2) is 25.0 Å². The number of rotatable bonds is 7. The van der Waals surface area contributed by atoms with Crippen LogP contribution < -0.4 is 15.0 Å². The fourth-order valence-electron chi connectivity index (χ4n) is 4.34. The van der Waals surface area contributed by atoms with Crippen molar-refractivity contribution in [1.29, 1.82) is 0 Å². The molecule has 1 aliphatic carbocycles. The average molecular weight is 447 g/mol. The number of methoxy groups -OCH3 is 1. The number of nitrogens with zero attached hydrogens (tertiary/aromatic N) is 1. The molecular weight excluding hydrogens is 416 g/mol. The number of carbonyl (C=O) groups is 2. The Hall–Kier alpha value is -3.54. The summed E-state index contributed by atoms with van der Waals surface area (Å²) in [7, 11) is 1.59. The number of nitrogens with one attached hydrogen (secondary N) is 1. The monoisotopic (exact) mass is 446 g/mol. The van der Waals surface area contributed by atoms with Gasteiger partial charge in [-0.25, -0.2) is 0 Å². The summed E-state index contributed by atoms with van der Waals surface area (Å²) in [6, 6.07) is 17.4. The van der Waals surface area contributed by atoms with Crippen molar-refractivity contribution in [3.8, 4) is 5.75 Å². The lowest BCUT2D eigenvalue weighted by molar-refractivity contribution is -0.123. The highest BCUT2D eigenvalue weighted by Crippen LogP contribution is 2.32. The fourth-order valence-corrected chi connectivity index (χ4v) is 4.34. The predicted molar refractivity (Wildman–Crippen MR) is 127 cm³/mol. The van der Waals surface area contributed by atoms with Crippen LogP contribution in [0.15, 0.2) is 71.3 Å². The van der Waals surface area contributed by atoms with Crippen LogP contribution in [0.25, 0.3) is 0 Å². The molecule has 4 rings (SSSR count). The number of anilines is 1. The lowest BCUT2D eigenvalue weighted by Gasteiger charge is -2.33. The van der Waals surface area contributed by atoms with Gasteiger partial charge in [-0.15, -0.1) is 0 Å². The van der Waals surface area contributed by atoms with Gasteiger partial charge >= 0.3 is 0 Å². The molecule has 1 atom stereocenters. The van der Waals surface area contributed by atoms with Crippen LogP contribution >= 0.6 is 0 Å². The van der Waals surface area contributed by atoms with Crippen molar-refractivity contribution in [3.05, 3.63) is 83.8 Å². The van der Waals surface area contributed by atoms with Gasteiger partial charge in [-0.1, -0.05) is 49.1 Å². The van der Waals surface area contributed by atoms with Gasteiger partial charge in [-0.05, 0) is 61.7 Å². The molecule has 6 heteroatoms. The minimum absolute atomic E-state index is 0.121. The molecule has 0 bridgehead atoms. The van der Waals surface area contributed by atoms with Gasteiger partial charge in [-0.2, -0.15) is 0 Å². The van der Waals surface area contributed by atoms with Crippen molar-refractivity contribution in [3.63, 3.8) is 0 Å². The van der Waals surface area contributed by atoms with Crippen molar-refractivity contribution in [1.82, 2.24) is 5.32 Å². The molecule has 6 nitrogen and oxygen atoms in total. The molecule has 172 valence electrons. The van der Waals surface area contributed by atoms with Gasteiger partial charge in [0.1, 0.15) is 11.8 Å². The second-order valence-corrected chi connectivity index (χ2v) is 8.51. The van der Waals surface area contributed by atoms with Crippen LogP contribution in [0.5, 0.6) is 5.75 Å². The maximum Gasteiger partial charge on any atom is 0.294 e. The Morgan fingerprint density at radius 3 is 2.30 bits per heavy atom. The standard InChI is InChI=1S/C27H30N2O4/c1-19-10-12-20(13-11-19)25(26(30)28-21-7-4-3-5-8-21)29(27(31)24-9-6-18-33-24)22-14-16-23(32-2)17-15-22/h6,9-18,21,25H,3-5,7-8H2,1-2H3,(H,28,30). The smallest absolute Gasteiger partial charge is 0.294 e. The Bertz CT molecular complexity index is 1050. The first-order valence-electron chi connectivity index (χ1n) is 11.4. The number of benzene rings is 2. The summed E-state index contributed by atoms with van der Waals surface area (Å²) in [6.07, 6.45) is 6.79. The zero-order valence-corrected chi connectivity index (χ0v) is 19.1. The van der Waals surface area contributed by atoms with E-state index in [2.05, 4.69) is 5.32 Å². The summed E-state index contributed by atoms with van der Waals surface area (Å²) in [4.78, 5) is 28.9. The molecule has 1 N–H and O–H groups in total. The second kappa shape index (κ2) is 10.4. The van der Waals surface area contributed by atoms with Gasteiger partial charge in [0, 0.05) is 11.7 Å². The van der Waals surface area contributed by atoms with E-state index in [4.69, 9.17) is 9.15 Å². The molecule has 1 fully saturated rings. The molecule has 1 aromatic heterocycles. The highest BCUT2D eigenvalue weighted by molar-refractivity contribution is 6.08. The molecule has 1 heterocycles. The number of carbonyl (C=O) groups excluding carboxylic acids is 2. The van der Waals surface area contributed by atoms with Crippen LogP contribution in [0.3, 0.4) is 0 Å². The van der Waals surface area contributed by atoms with Gasteiger partial charge in [-0.3, -0.25) is 14.5 Å². The molecule has 0 saturated heterocycles. The number of ether oxygens (including phenoxy) is 1. The van der Waals surface area contributed by atoms with Crippen molar-refractivity contribution in [2.45, 2.75) is 51.1 Å². The van der Waals surface area contributed by atoms with E-state index in [9.17, 15) is 9.59 Å². The predicted octanol–water partition coefficient (Wildman–Crippen LogP) is 5.43. The van der Waals surface area contributed by atoms with E-state index in [1.807, 2.05) is 31.2 Å². The Labute approximate surface area is 194 Å². The van der Waals surface area contributed by atoms with E-state index in [-0.39, 0.29) is 23.6 Å². The largest absolute Gasteiger partial charge is 0.497 e. The summed E-state index contributed by atoms with van der Waals surface area (Å²) in [6.45, 7) is 2.00. The molecular formula is C27H30N2O4. The summed E-state index contributed by atoms with van der Waals surface area (Å²) in [5.74, 6) is 0.270. The zero-order chi connectivity index (χ0) is 23.2. The lowest BCUT2D eigenvalue weighted by atomic mass is 9.94. The third-order valence-corrected chi connectivity index (χ3v) is 6.15. The fraction of sp³-hybridized carbons (Fsp3) is 0.333. The molecule has 1 aliphatic rings. The van der Waals surface area contributed by atoms with E-state index in [0.717, 1.165) is 36.8 Å². The first kappa shape index (κ1) is 22.6. The Morgan fingerprint density at radius 1 is 1.00 bits per heavy atom. The minimum atomic E-state index is -0.849. The van der Waals surface area contributed by atoms with Crippen molar-refractivity contribution in [2.24, 2.45) is 0 Å². The van der Waals surface area contributed by atoms with Crippen LogP contribution in [0, 0.1) is 6.92 Å². The van der Waals surface area contributed by atoms with Crippen LogP contribution in [-0.2, 0) is 4.79 Å². The molecule has 0 radical (unpaired) electrons. The summed E-state index contributed by atoms with van der Waals surface area (Å²) >= 11 is 0. The third kappa shape index (κ3) is 5.28. The highest BCUT2D eigenvalue weighted by atomic mass is 16.5. The topological polar surface area (TPSA) is 71.8 Å². The van der Waals surface area contributed by atoms with Gasteiger partial charge < -0.3 is 14.5 Å². The molecule has 1 saturated carbocycles. The molecule has 33 heavy (non-hydrogen) atoms. The third-order valence-electron chi connectivity index (χ3n) is 6.15. The number of amides is 2. The normalized spacial score (nSPS) is 15.0. The van der Waals surface area contributed by atoms with E-state index in [1.54, 1.807) is 43.5 Å². The molecule has 2 amide bonds. The van der Waals surface area contributed by atoms with E-state index < -0.39 is 6.04 Å². The number of hydrogen-bond donors (Lipinski definition) is 1. The summed E-state index contributed by atoms with van der Waals surface area (Å²) in [5.41, 5.74) is 2.41. The van der Waals surface area contributed by atoms with Gasteiger partial charge in [0.2, 0.25) is 5.91 Å². The van der Waals surface area contributed by atoms with Crippen LogP contribution in [0.1, 0.15) is 59.8 Å². The Kier molecular flexibility index (Phi) is 7.13. The van der Waals surface area contributed by atoms with Crippen LogP contribution in [0.2, 0.25) is 0 Å². The van der Waals surface area contributed by atoms with E-state index in [0.29, 0.717) is 11.4 Å². The van der Waals surface area contributed by atoms with Crippen molar-refractivity contribution >= 4 is 17.5 Å². The molecule has 2 aromatic carbocycles. The number of aryl methyl sites for hydroxylation is 1. The van der Waals surface area contributed by atoms with Crippen LogP contribution in [0.4, 0.5) is 5.69 Å². The molecule has 0 spiro atoms. The summed E-state index contributed by atoms with van der Waals surface area (Å²) < 4.78 is 10.7.